The van der Waals surface area contributed by atoms with E-state index in [1.54, 1.807) is 24.3 Å². The fourth-order valence-corrected chi connectivity index (χ4v) is 3.33. The summed E-state index contributed by atoms with van der Waals surface area (Å²) in [5.41, 5.74) is 2.13. The maximum atomic E-state index is 11.1. The predicted octanol–water partition coefficient (Wildman–Crippen LogP) is 2.87. The minimum Gasteiger partial charge on any atom is -0.481 e. The SMILES string of the molecule is N#Cc1ccc(Nc2nc3c(s2)CCC3C(=O)O)cc1. The van der Waals surface area contributed by atoms with Crippen molar-refractivity contribution < 1.29 is 9.90 Å². The van der Waals surface area contributed by atoms with Crippen LogP contribution in [0, 0.1) is 11.3 Å². The van der Waals surface area contributed by atoms with Gasteiger partial charge in [-0.15, -0.1) is 11.3 Å². The van der Waals surface area contributed by atoms with Crippen LogP contribution in [-0.4, -0.2) is 16.1 Å². The number of carboxylic acids is 1. The van der Waals surface area contributed by atoms with Crippen molar-refractivity contribution in [1.29, 1.82) is 5.26 Å². The molecule has 2 N–H and O–H groups in total. The standard InChI is InChI=1S/C14H11N3O2S/c15-7-8-1-3-9(4-2-8)16-14-17-12-10(13(18)19)5-6-11(12)20-14/h1-4,10H,5-6H2,(H,16,17)(H,18,19). The van der Waals surface area contributed by atoms with Crippen LogP contribution in [0.4, 0.5) is 10.8 Å². The summed E-state index contributed by atoms with van der Waals surface area (Å²) in [5, 5.41) is 21.7. The molecular formula is C14H11N3O2S. The Hall–Kier alpha value is -2.39. The smallest absolute Gasteiger partial charge is 0.312 e. The molecule has 20 heavy (non-hydrogen) atoms. The summed E-state index contributed by atoms with van der Waals surface area (Å²) in [5.74, 6) is -1.28. The van der Waals surface area contributed by atoms with E-state index in [1.165, 1.54) is 11.3 Å². The van der Waals surface area contributed by atoms with Crippen molar-refractivity contribution in [2.45, 2.75) is 18.8 Å². The molecule has 3 rings (SSSR count). The van der Waals surface area contributed by atoms with E-state index in [9.17, 15) is 4.79 Å². The molecule has 1 heterocycles. The topological polar surface area (TPSA) is 86.0 Å². The lowest BCUT2D eigenvalue weighted by Crippen LogP contribution is -2.08. The second-order valence-electron chi connectivity index (χ2n) is 4.57. The number of aryl methyl sites for hydroxylation is 1. The van der Waals surface area contributed by atoms with Gasteiger partial charge in [0.1, 0.15) is 5.92 Å². The maximum absolute atomic E-state index is 11.1. The third-order valence-electron chi connectivity index (χ3n) is 3.28. The molecule has 1 aliphatic rings. The fraction of sp³-hybridized carbons (Fsp3) is 0.214. The van der Waals surface area contributed by atoms with Gasteiger partial charge in [0.15, 0.2) is 5.13 Å². The monoisotopic (exact) mass is 285 g/mol. The quantitative estimate of drug-likeness (QED) is 0.905. The highest BCUT2D eigenvalue weighted by Crippen LogP contribution is 2.39. The van der Waals surface area contributed by atoms with Gasteiger partial charge in [-0.1, -0.05) is 0 Å². The number of benzene rings is 1. The highest BCUT2D eigenvalue weighted by molar-refractivity contribution is 7.15. The normalized spacial score (nSPS) is 16.4. The van der Waals surface area contributed by atoms with Crippen molar-refractivity contribution in [3.63, 3.8) is 0 Å². The van der Waals surface area contributed by atoms with Crippen molar-refractivity contribution in [2.24, 2.45) is 0 Å². The van der Waals surface area contributed by atoms with Gasteiger partial charge in [0.05, 0.1) is 17.3 Å². The number of hydrogen-bond donors (Lipinski definition) is 2. The third kappa shape index (κ3) is 2.24. The molecule has 0 saturated carbocycles. The number of carboxylic acid groups (broad SMARTS) is 1. The maximum Gasteiger partial charge on any atom is 0.312 e. The lowest BCUT2D eigenvalue weighted by molar-refractivity contribution is -0.138. The van der Waals surface area contributed by atoms with Crippen LogP contribution in [0.1, 0.15) is 28.5 Å². The fourth-order valence-electron chi connectivity index (χ4n) is 2.27. The van der Waals surface area contributed by atoms with Crippen molar-refractivity contribution in [2.75, 3.05) is 5.32 Å². The molecule has 6 heteroatoms. The van der Waals surface area contributed by atoms with Crippen LogP contribution in [0.15, 0.2) is 24.3 Å². The van der Waals surface area contributed by atoms with E-state index in [0.717, 1.165) is 17.0 Å². The minimum absolute atomic E-state index is 0.474. The van der Waals surface area contributed by atoms with Gasteiger partial charge < -0.3 is 10.4 Å². The number of nitrogens with one attached hydrogen (secondary N) is 1. The molecule has 0 aliphatic heterocycles. The van der Waals surface area contributed by atoms with Crippen molar-refractivity contribution in [3.8, 4) is 6.07 Å². The summed E-state index contributed by atoms with van der Waals surface area (Å²) in [6.07, 6.45) is 1.42. The number of hydrogen-bond acceptors (Lipinski definition) is 5. The first kappa shape index (κ1) is 12.6. The number of thiazole rings is 1. The number of rotatable bonds is 3. The second kappa shape index (κ2) is 4.94. The van der Waals surface area contributed by atoms with E-state index in [0.29, 0.717) is 22.8 Å². The van der Waals surface area contributed by atoms with E-state index >= 15 is 0 Å². The molecule has 1 unspecified atom stereocenters. The number of nitriles is 1. The van der Waals surface area contributed by atoms with Crippen LogP contribution in [0.5, 0.6) is 0 Å². The van der Waals surface area contributed by atoms with Gasteiger partial charge in [-0.05, 0) is 37.1 Å². The zero-order valence-electron chi connectivity index (χ0n) is 10.5. The lowest BCUT2D eigenvalue weighted by atomic mass is 10.1. The molecule has 0 fully saturated rings. The van der Waals surface area contributed by atoms with Crippen LogP contribution >= 0.6 is 11.3 Å². The van der Waals surface area contributed by atoms with Crippen LogP contribution < -0.4 is 5.32 Å². The van der Waals surface area contributed by atoms with Gasteiger partial charge in [0, 0.05) is 10.6 Å². The van der Waals surface area contributed by atoms with Gasteiger partial charge in [-0.2, -0.15) is 5.26 Å². The largest absolute Gasteiger partial charge is 0.481 e. The highest BCUT2D eigenvalue weighted by Gasteiger charge is 2.32. The van der Waals surface area contributed by atoms with Crippen molar-refractivity contribution in [3.05, 3.63) is 40.4 Å². The Bertz CT molecular complexity index is 700. The van der Waals surface area contributed by atoms with Crippen molar-refractivity contribution >= 4 is 28.1 Å². The molecule has 0 amide bonds. The van der Waals surface area contributed by atoms with Gasteiger partial charge in [0.2, 0.25) is 0 Å². The molecule has 100 valence electrons. The van der Waals surface area contributed by atoms with Crippen molar-refractivity contribution in [1.82, 2.24) is 4.98 Å². The molecule has 0 bridgehead atoms. The Morgan fingerprint density at radius 1 is 1.45 bits per heavy atom. The number of nitrogens with zero attached hydrogens (tertiary/aromatic N) is 2. The third-order valence-corrected chi connectivity index (χ3v) is 4.33. The number of aliphatic carboxylic acids is 1. The number of carbonyl (C=O) groups is 1. The van der Waals surface area contributed by atoms with E-state index in [4.69, 9.17) is 10.4 Å². The summed E-state index contributed by atoms with van der Waals surface area (Å²) in [4.78, 5) is 16.6. The summed E-state index contributed by atoms with van der Waals surface area (Å²) in [6, 6.07) is 9.12. The summed E-state index contributed by atoms with van der Waals surface area (Å²) in [7, 11) is 0. The molecule has 5 nitrogen and oxygen atoms in total. The summed E-state index contributed by atoms with van der Waals surface area (Å²) in [6.45, 7) is 0. The number of aromatic nitrogens is 1. The first-order chi connectivity index (χ1) is 9.67. The molecule has 0 saturated heterocycles. The Morgan fingerprint density at radius 3 is 2.85 bits per heavy atom. The first-order valence-electron chi connectivity index (χ1n) is 6.17. The van der Waals surface area contributed by atoms with E-state index in [-0.39, 0.29) is 0 Å². The van der Waals surface area contributed by atoms with Crippen LogP contribution in [0.25, 0.3) is 0 Å². The van der Waals surface area contributed by atoms with Gasteiger partial charge in [0.25, 0.3) is 0 Å². The van der Waals surface area contributed by atoms with Gasteiger partial charge >= 0.3 is 5.97 Å². The molecule has 1 aliphatic carbocycles. The summed E-state index contributed by atoms with van der Waals surface area (Å²) < 4.78 is 0. The van der Waals surface area contributed by atoms with Gasteiger partial charge in [-0.3, -0.25) is 4.79 Å². The highest BCUT2D eigenvalue weighted by atomic mass is 32.1. The van der Waals surface area contributed by atoms with E-state index < -0.39 is 11.9 Å². The van der Waals surface area contributed by atoms with Crippen LogP contribution in [0.3, 0.4) is 0 Å². The average Bonchev–Trinajstić information content (AvgIpc) is 2.98. The minimum atomic E-state index is -0.807. The number of anilines is 2. The second-order valence-corrected chi connectivity index (χ2v) is 5.65. The first-order valence-corrected chi connectivity index (χ1v) is 6.98. The number of fused-ring (bicyclic) bond motifs is 1. The Balaban J connectivity index is 1.81. The molecular weight excluding hydrogens is 274 g/mol. The molecule has 1 atom stereocenters. The average molecular weight is 285 g/mol. The Morgan fingerprint density at radius 2 is 2.20 bits per heavy atom. The zero-order valence-corrected chi connectivity index (χ0v) is 11.3. The zero-order chi connectivity index (χ0) is 14.1. The van der Waals surface area contributed by atoms with E-state index in [2.05, 4.69) is 16.4 Å². The molecule has 1 aromatic heterocycles. The van der Waals surface area contributed by atoms with Gasteiger partial charge in [-0.25, -0.2) is 4.98 Å². The molecule has 2 aromatic rings. The molecule has 1 aromatic carbocycles. The molecule has 0 radical (unpaired) electrons. The Labute approximate surface area is 119 Å². The summed E-state index contributed by atoms with van der Waals surface area (Å²) >= 11 is 1.50. The predicted molar refractivity (Wildman–Crippen MR) is 75.3 cm³/mol. The Kier molecular flexibility index (Phi) is 3.12. The van der Waals surface area contributed by atoms with E-state index in [1.807, 2.05) is 0 Å². The lowest BCUT2D eigenvalue weighted by Gasteiger charge is -2.04. The van der Waals surface area contributed by atoms with Crippen LogP contribution in [-0.2, 0) is 11.2 Å². The van der Waals surface area contributed by atoms with Crippen LogP contribution in [0.2, 0.25) is 0 Å². The molecule has 0 spiro atoms.